The number of benzene rings is 3. The van der Waals surface area contributed by atoms with Crippen LogP contribution >= 0.6 is 0 Å². The van der Waals surface area contributed by atoms with E-state index in [1.165, 1.54) is 39.6 Å². The molecule has 1 N–H and O–H groups in total. The lowest BCUT2D eigenvalue weighted by molar-refractivity contribution is -0.169. The van der Waals surface area contributed by atoms with Crippen LogP contribution in [-0.2, 0) is 14.3 Å². The highest BCUT2D eigenvalue weighted by molar-refractivity contribution is 6.06. The Kier molecular flexibility index (Phi) is 3.66. The molecule has 2 heterocycles. The van der Waals surface area contributed by atoms with Crippen LogP contribution in [0.2, 0.25) is 0 Å². The Morgan fingerprint density at radius 2 is 1.85 bits per heavy atom. The van der Waals surface area contributed by atoms with Gasteiger partial charge in [-0.1, -0.05) is 30.3 Å². The van der Waals surface area contributed by atoms with Crippen LogP contribution in [0.1, 0.15) is 37.3 Å². The minimum Gasteiger partial charge on any atom is -0.459 e. The lowest BCUT2D eigenvalue weighted by Crippen LogP contribution is -2.49. The second-order valence-electron chi connectivity index (χ2n) is 7.79. The van der Waals surface area contributed by atoms with Gasteiger partial charge in [-0.25, -0.2) is 0 Å². The van der Waals surface area contributed by atoms with Crippen molar-refractivity contribution < 1.29 is 14.3 Å². The number of hydrogen-bond acceptors (Lipinski definition) is 4. The zero-order valence-corrected chi connectivity index (χ0v) is 15.8. The number of esters is 1. The molecule has 4 atom stereocenters. The van der Waals surface area contributed by atoms with Gasteiger partial charge >= 0.3 is 5.97 Å². The number of anilines is 1. The van der Waals surface area contributed by atoms with E-state index in [4.69, 9.17) is 9.47 Å². The summed E-state index contributed by atoms with van der Waals surface area (Å²) in [6, 6.07) is 15.2. The van der Waals surface area contributed by atoms with Crippen LogP contribution in [0.5, 0.6) is 0 Å². The maximum Gasteiger partial charge on any atom is 0.303 e. The van der Waals surface area contributed by atoms with Gasteiger partial charge in [-0.2, -0.15) is 0 Å². The Morgan fingerprint density at radius 1 is 1.15 bits per heavy atom. The maximum absolute atomic E-state index is 11.7. The van der Waals surface area contributed by atoms with E-state index in [2.05, 4.69) is 54.7 Å². The molecular formula is C23H23NO3. The van der Waals surface area contributed by atoms with E-state index in [1.54, 1.807) is 0 Å². The van der Waals surface area contributed by atoms with Crippen LogP contribution in [0.15, 0.2) is 42.5 Å². The Labute approximate surface area is 158 Å². The largest absolute Gasteiger partial charge is 0.459 e. The SMILES string of the molecule is CC(=O)O[C@H]1[C@H](C)O[C@@H]2C[C@H]1c1cc(C)c3cc4ccccc4cc3c1N2. The first-order chi connectivity index (χ1) is 13.0. The Morgan fingerprint density at radius 3 is 2.56 bits per heavy atom. The molecule has 2 aliphatic rings. The fourth-order valence-electron chi connectivity index (χ4n) is 4.78. The van der Waals surface area contributed by atoms with Crippen molar-refractivity contribution in [2.75, 3.05) is 5.32 Å². The summed E-state index contributed by atoms with van der Waals surface area (Å²) in [5.74, 6) is -0.106. The maximum atomic E-state index is 11.7. The molecular weight excluding hydrogens is 338 g/mol. The first-order valence-corrected chi connectivity index (χ1v) is 9.56. The van der Waals surface area contributed by atoms with Crippen molar-refractivity contribution in [3.8, 4) is 0 Å². The van der Waals surface area contributed by atoms with Crippen molar-refractivity contribution in [1.82, 2.24) is 0 Å². The van der Waals surface area contributed by atoms with E-state index >= 15 is 0 Å². The second-order valence-corrected chi connectivity index (χ2v) is 7.79. The number of aryl methyl sites for hydroxylation is 1. The van der Waals surface area contributed by atoms with Gasteiger partial charge in [0.2, 0.25) is 0 Å². The molecule has 0 unspecified atom stereocenters. The molecule has 0 saturated carbocycles. The molecule has 3 aromatic rings. The third kappa shape index (κ3) is 2.59. The van der Waals surface area contributed by atoms with Crippen LogP contribution in [0.3, 0.4) is 0 Å². The normalized spacial score (nSPS) is 26.5. The molecule has 2 bridgehead atoms. The summed E-state index contributed by atoms with van der Waals surface area (Å²) in [6.45, 7) is 5.62. The molecule has 4 nitrogen and oxygen atoms in total. The first kappa shape index (κ1) is 16.6. The third-order valence-corrected chi connectivity index (χ3v) is 5.95. The quantitative estimate of drug-likeness (QED) is 0.496. The molecule has 2 aliphatic heterocycles. The van der Waals surface area contributed by atoms with Gasteiger partial charge < -0.3 is 14.8 Å². The molecule has 27 heavy (non-hydrogen) atoms. The number of rotatable bonds is 1. The third-order valence-electron chi connectivity index (χ3n) is 5.95. The average molecular weight is 361 g/mol. The summed E-state index contributed by atoms with van der Waals surface area (Å²) in [5.41, 5.74) is 3.59. The summed E-state index contributed by atoms with van der Waals surface area (Å²) < 4.78 is 11.8. The number of nitrogens with one attached hydrogen (secondary N) is 1. The molecule has 0 spiro atoms. The fraction of sp³-hybridized carbons (Fsp3) is 0.348. The van der Waals surface area contributed by atoms with Gasteiger partial charge in [0, 0.05) is 30.3 Å². The summed E-state index contributed by atoms with van der Waals surface area (Å²) in [6.07, 6.45) is 0.373. The summed E-state index contributed by atoms with van der Waals surface area (Å²) in [5, 5.41) is 8.52. The van der Waals surface area contributed by atoms with E-state index in [1.807, 2.05) is 6.92 Å². The zero-order chi connectivity index (χ0) is 18.7. The van der Waals surface area contributed by atoms with Gasteiger partial charge in [-0.15, -0.1) is 0 Å². The van der Waals surface area contributed by atoms with Crippen molar-refractivity contribution in [2.24, 2.45) is 0 Å². The highest BCUT2D eigenvalue weighted by Crippen LogP contribution is 2.47. The van der Waals surface area contributed by atoms with Crippen molar-refractivity contribution in [3.63, 3.8) is 0 Å². The molecule has 138 valence electrons. The van der Waals surface area contributed by atoms with E-state index < -0.39 is 0 Å². The average Bonchev–Trinajstić information content (AvgIpc) is 2.64. The molecule has 0 aromatic heterocycles. The second kappa shape index (κ2) is 5.96. The monoisotopic (exact) mass is 361 g/mol. The molecule has 3 aromatic carbocycles. The van der Waals surface area contributed by atoms with Crippen molar-refractivity contribution in [2.45, 2.75) is 51.5 Å². The van der Waals surface area contributed by atoms with Gasteiger partial charge in [-0.3, -0.25) is 4.79 Å². The number of ether oxygens (including phenoxy) is 2. The molecule has 0 amide bonds. The van der Waals surface area contributed by atoms with Gasteiger partial charge in [0.05, 0.1) is 6.10 Å². The number of hydrogen-bond donors (Lipinski definition) is 1. The summed E-state index contributed by atoms with van der Waals surface area (Å²) >= 11 is 0. The Hall–Kier alpha value is -2.59. The van der Waals surface area contributed by atoms with E-state index in [9.17, 15) is 4.79 Å². The summed E-state index contributed by atoms with van der Waals surface area (Å²) in [4.78, 5) is 11.7. The highest BCUT2D eigenvalue weighted by atomic mass is 16.6. The predicted octanol–water partition coefficient (Wildman–Crippen LogP) is 4.88. The molecule has 0 aliphatic carbocycles. The Bertz CT molecular complexity index is 1070. The van der Waals surface area contributed by atoms with Crippen LogP contribution in [0.25, 0.3) is 21.5 Å². The lowest BCUT2D eigenvalue weighted by Gasteiger charge is -2.45. The first-order valence-electron chi connectivity index (χ1n) is 9.56. The molecule has 1 fully saturated rings. The number of carbonyl (C=O) groups excluding carboxylic acids is 1. The number of carbonyl (C=O) groups is 1. The van der Waals surface area contributed by atoms with Gasteiger partial charge in [0.15, 0.2) is 0 Å². The summed E-state index contributed by atoms with van der Waals surface area (Å²) in [7, 11) is 0. The van der Waals surface area contributed by atoms with Gasteiger partial charge in [0.1, 0.15) is 12.3 Å². The lowest BCUT2D eigenvalue weighted by atomic mass is 9.79. The zero-order valence-electron chi connectivity index (χ0n) is 15.8. The minimum atomic E-state index is -0.253. The molecule has 5 rings (SSSR count). The van der Waals surface area contributed by atoms with Crippen LogP contribution in [0.4, 0.5) is 5.69 Å². The molecule has 4 heteroatoms. The minimum absolute atomic E-state index is 0.0540. The molecule has 1 saturated heterocycles. The van der Waals surface area contributed by atoms with Gasteiger partial charge in [-0.05, 0) is 53.3 Å². The van der Waals surface area contributed by atoms with E-state index in [0.717, 1.165) is 12.1 Å². The standard InChI is InChI=1S/C23H23NO3/c1-12-8-18-20-11-21(26-13(2)23(20)27-14(3)25)24-22(18)19-10-16-7-5-4-6-15(16)9-17(12)19/h4-10,13,20-21,23-24H,11H2,1-3H3/t13-,20-,21+,23-/m0/s1. The fourth-order valence-corrected chi connectivity index (χ4v) is 4.78. The smallest absolute Gasteiger partial charge is 0.303 e. The topological polar surface area (TPSA) is 47.6 Å². The van der Waals surface area contributed by atoms with Crippen LogP contribution in [-0.4, -0.2) is 24.4 Å². The van der Waals surface area contributed by atoms with Crippen molar-refractivity contribution in [1.29, 1.82) is 0 Å². The van der Waals surface area contributed by atoms with Crippen molar-refractivity contribution in [3.05, 3.63) is 53.6 Å². The van der Waals surface area contributed by atoms with Crippen molar-refractivity contribution >= 4 is 33.2 Å². The predicted molar refractivity (Wildman–Crippen MR) is 107 cm³/mol. The molecule has 0 radical (unpaired) electrons. The highest BCUT2D eigenvalue weighted by Gasteiger charge is 2.43. The van der Waals surface area contributed by atoms with Crippen LogP contribution < -0.4 is 5.32 Å². The Balaban J connectivity index is 1.74. The van der Waals surface area contributed by atoms with Gasteiger partial charge in [0.25, 0.3) is 0 Å². The van der Waals surface area contributed by atoms with E-state index in [0.29, 0.717) is 0 Å². The van der Waals surface area contributed by atoms with Crippen LogP contribution in [0, 0.1) is 6.92 Å². The van der Waals surface area contributed by atoms with E-state index in [-0.39, 0.29) is 30.3 Å². The number of fused-ring (bicyclic) bond motifs is 7.